The number of benzene rings is 1. The normalized spacial score (nSPS) is 10.7. The molecule has 0 aliphatic rings. The molecule has 1 heterocycles. The number of primary amides is 1. The number of carbonyl (C=O) groups is 2. The highest BCUT2D eigenvalue weighted by atomic mass is 127. The van der Waals surface area contributed by atoms with Gasteiger partial charge < -0.3 is 20.7 Å². The van der Waals surface area contributed by atoms with Crippen molar-refractivity contribution in [3.63, 3.8) is 0 Å². The minimum absolute atomic E-state index is 0.0658. The topological polar surface area (TPSA) is 110 Å². The van der Waals surface area contributed by atoms with Gasteiger partial charge in [0.2, 0.25) is 0 Å². The molecule has 112 valence electrons. The van der Waals surface area contributed by atoms with E-state index in [1.54, 1.807) is 0 Å². The number of thioether (sulfide) groups is 1. The molecule has 4 N–H and O–H groups in total. The van der Waals surface area contributed by atoms with Crippen LogP contribution in [0.5, 0.6) is 0 Å². The number of fused-ring (bicyclic) bond motifs is 1. The van der Waals surface area contributed by atoms with Crippen LogP contribution in [0.3, 0.4) is 0 Å². The van der Waals surface area contributed by atoms with Gasteiger partial charge >= 0.3 is 12.0 Å². The van der Waals surface area contributed by atoms with Gasteiger partial charge in [0.15, 0.2) is 5.16 Å². The average Bonchev–Trinajstić information content (AvgIpc) is 2.73. The van der Waals surface area contributed by atoms with Crippen LogP contribution in [0.1, 0.15) is 0 Å². The van der Waals surface area contributed by atoms with Gasteiger partial charge in [0.25, 0.3) is 0 Å². The minimum Gasteiger partial charge on any atom is -0.481 e. The number of carboxylic acid groups (broad SMARTS) is 1. The molecule has 0 atom stereocenters. The summed E-state index contributed by atoms with van der Waals surface area (Å²) >= 11 is 3.35. The maximum Gasteiger partial charge on any atom is 0.313 e. The molecule has 0 aliphatic carbocycles. The smallest absolute Gasteiger partial charge is 0.313 e. The summed E-state index contributed by atoms with van der Waals surface area (Å²) in [6.45, 7) is 0.829. The third-order valence-corrected chi connectivity index (χ3v) is 4.27. The fourth-order valence-corrected chi connectivity index (χ4v) is 3.06. The van der Waals surface area contributed by atoms with E-state index in [1.165, 1.54) is 0 Å². The molecule has 7 nitrogen and oxygen atoms in total. The lowest BCUT2D eigenvalue weighted by molar-refractivity contribution is -0.133. The van der Waals surface area contributed by atoms with E-state index in [0.717, 1.165) is 26.4 Å². The van der Waals surface area contributed by atoms with Crippen molar-refractivity contribution >= 4 is 57.4 Å². The van der Waals surface area contributed by atoms with Gasteiger partial charge in [-0.15, -0.1) is 0 Å². The van der Waals surface area contributed by atoms with Gasteiger partial charge in [-0.3, -0.25) is 4.79 Å². The summed E-state index contributed by atoms with van der Waals surface area (Å²) in [5.41, 5.74) is 6.74. The molecule has 0 bridgehead atoms. The number of imidazole rings is 1. The number of aliphatic carboxylic acids is 1. The third kappa shape index (κ3) is 4.24. The van der Waals surface area contributed by atoms with Crippen LogP contribution in [0.15, 0.2) is 23.4 Å². The molecular formula is C12H13IN4O3S. The molecule has 2 rings (SSSR count). The van der Waals surface area contributed by atoms with E-state index < -0.39 is 12.0 Å². The van der Waals surface area contributed by atoms with Gasteiger partial charge in [-0.05, 0) is 40.8 Å². The Bertz CT molecular complexity index is 688. The number of amides is 2. The second-order valence-corrected chi connectivity index (χ2v) is 6.34. The summed E-state index contributed by atoms with van der Waals surface area (Å²) in [6, 6.07) is 5.22. The molecule has 0 saturated heterocycles. The average molecular weight is 420 g/mol. The number of aromatic nitrogens is 2. The SMILES string of the molecule is NC(=O)NCCn1c(SCC(=O)O)nc2cc(I)ccc21. The molecule has 0 fully saturated rings. The maximum absolute atomic E-state index is 10.7. The van der Waals surface area contributed by atoms with Crippen LogP contribution in [0.25, 0.3) is 11.0 Å². The number of rotatable bonds is 6. The van der Waals surface area contributed by atoms with Gasteiger partial charge in [0.1, 0.15) is 0 Å². The second kappa shape index (κ2) is 6.98. The van der Waals surface area contributed by atoms with E-state index in [4.69, 9.17) is 10.8 Å². The molecule has 0 radical (unpaired) electrons. The van der Waals surface area contributed by atoms with Crippen LogP contribution < -0.4 is 11.1 Å². The predicted octanol–water partition coefficient (Wildman–Crippen LogP) is 1.49. The molecule has 21 heavy (non-hydrogen) atoms. The molecule has 1 aromatic carbocycles. The maximum atomic E-state index is 10.7. The molecular weight excluding hydrogens is 407 g/mol. The van der Waals surface area contributed by atoms with Crippen molar-refractivity contribution in [3.8, 4) is 0 Å². The zero-order valence-corrected chi connectivity index (χ0v) is 13.8. The lowest BCUT2D eigenvalue weighted by Gasteiger charge is -2.08. The molecule has 2 amide bonds. The van der Waals surface area contributed by atoms with Gasteiger partial charge in [-0.25, -0.2) is 9.78 Å². The first-order valence-corrected chi connectivity index (χ1v) is 8.07. The lowest BCUT2D eigenvalue weighted by Crippen LogP contribution is -2.32. The van der Waals surface area contributed by atoms with Crippen molar-refractivity contribution in [1.82, 2.24) is 14.9 Å². The van der Waals surface area contributed by atoms with Crippen LogP contribution in [0, 0.1) is 3.57 Å². The second-order valence-electron chi connectivity index (χ2n) is 4.15. The highest BCUT2D eigenvalue weighted by molar-refractivity contribution is 14.1. The number of nitrogens with two attached hydrogens (primary N) is 1. The molecule has 0 aliphatic heterocycles. The minimum atomic E-state index is -0.900. The lowest BCUT2D eigenvalue weighted by atomic mass is 10.3. The quantitative estimate of drug-likeness (QED) is 0.485. The Labute approximate surface area is 138 Å². The summed E-state index contributed by atoms with van der Waals surface area (Å²) in [4.78, 5) is 25.9. The Morgan fingerprint density at radius 1 is 1.48 bits per heavy atom. The summed E-state index contributed by atoms with van der Waals surface area (Å²) in [5.74, 6) is -0.965. The number of nitrogens with one attached hydrogen (secondary N) is 1. The van der Waals surface area contributed by atoms with Crippen LogP contribution in [-0.4, -0.2) is 39.0 Å². The first-order valence-electron chi connectivity index (χ1n) is 6.01. The van der Waals surface area contributed by atoms with Crippen molar-refractivity contribution in [2.75, 3.05) is 12.3 Å². The summed E-state index contributed by atoms with van der Waals surface area (Å²) in [7, 11) is 0. The molecule has 0 saturated carbocycles. The Morgan fingerprint density at radius 3 is 2.90 bits per heavy atom. The number of hydrogen-bond donors (Lipinski definition) is 3. The third-order valence-electron chi connectivity index (χ3n) is 2.63. The van der Waals surface area contributed by atoms with Gasteiger partial charge in [0, 0.05) is 16.7 Å². The highest BCUT2D eigenvalue weighted by Gasteiger charge is 2.13. The Kier molecular flexibility index (Phi) is 5.28. The number of halogens is 1. The Balaban J connectivity index is 2.29. The van der Waals surface area contributed by atoms with Crippen molar-refractivity contribution < 1.29 is 14.7 Å². The highest BCUT2D eigenvalue weighted by Crippen LogP contribution is 2.25. The molecule has 2 aromatic rings. The first-order chi connectivity index (χ1) is 9.97. The fraction of sp³-hybridized carbons (Fsp3) is 0.250. The molecule has 0 spiro atoms. The van der Waals surface area contributed by atoms with E-state index >= 15 is 0 Å². The van der Waals surface area contributed by atoms with E-state index in [9.17, 15) is 9.59 Å². The Hall–Kier alpha value is -1.49. The zero-order valence-electron chi connectivity index (χ0n) is 10.9. The molecule has 1 aromatic heterocycles. The monoisotopic (exact) mass is 420 g/mol. The van der Waals surface area contributed by atoms with Gasteiger partial charge in [0.05, 0.1) is 16.8 Å². The van der Waals surface area contributed by atoms with Crippen molar-refractivity contribution in [2.45, 2.75) is 11.7 Å². The summed E-state index contributed by atoms with van der Waals surface area (Å²) < 4.78 is 2.93. The standard InChI is InChI=1S/C12H13IN4O3S/c13-7-1-2-9-8(5-7)16-12(21-6-10(18)19)17(9)4-3-15-11(14)20/h1-2,5H,3-4,6H2,(H,18,19)(H3,14,15,20). The number of nitrogens with zero attached hydrogens (tertiary/aromatic N) is 2. The van der Waals surface area contributed by atoms with Crippen LogP contribution in [0.4, 0.5) is 4.79 Å². The van der Waals surface area contributed by atoms with E-state index in [1.807, 2.05) is 22.8 Å². The van der Waals surface area contributed by atoms with E-state index in [2.05, 4.69) is 32.9 Å². The Morgan fingerprint density at radius 2 is 2.24 bits per heavy atom. The first kappa shape index (κ1) is 15.9. The van der Waals surface area contributed by atoms with Gasteiger partial charge in [-0.2, -0.15) is 0 Å². The predicted molar refractivity (Wildman–Crippen MR) is 88.4 cm³/mol. The molecule has 9 heteroatoms. The largest absolute Gasteiger partial charge is 0.481 e. The van der Waals surface area contributed by atoms with Crippen molar-refractivity contribution in [2.24, 2.45) is 5.73 Å². The fourth-order valence-electron chi connectivity index (χ4n) is 1.82. The summed E-state index contributed by atoms with van der Waals surface area (Å²) in [5, 5.41) is 11.9. The number of urea groups is 1. The number of hydrogen-bond acceptors (Lipinski definition) is 4. The van der Waals surface area contributed by atoms with Gasteiger partial charge in [-0.1, -0.05) is 11.8 Å². The van der Waals surface area contributed by atoms with Crippen molar-refractivity contribution in [1.29, 1.82) is 0 Å². The number of carbonyl (C=O) groups excluding carboxylic acids is 1. The van der Waals surface area contributed by atoms with E-state index in [0.29, 0.717) is 18.2 Å². The molecule has 0 unspecified atom stereocenters. The van der Waals surface area contributed by atoms with Crippen molar-refractivity contribution in [3.05, 3.63) is 21.8 Å². The van der Waals surface area contributed by atoms with Crippen LogP contribution in [-0.2, 0) is 11.3 Å². The van der Waals surface area contributed by atoms with Crippen LogP contribution in [0.2, 0.25) is 0 Å². The number of carboxylic acids is 1. The summed E-state index contributed by atoms with van der Waals surface area (Å²) in [6.07, 6.45) is 0. The zero-order chi connectivity index (χ0) is 15.4. The van der Waals surface area contributed by atoms with E-state index in [-0.39, 0.29) is 5.75 Å². The van der Waals surface area contributed by atoms with Crippen LogP contribution >= 0.6 is 34.4 Å².